The Kier molecular flexibility index (Phi) is 2.28. The van der Waals surface area contributed by atoms with E-state index < -0.39 is 9.84 Å². The highest BCUT2D eigenvalue weighted by molar-refractivity contribution is 7.95. The number of hydrogen-bond acceptors (Lipinski definition) is 4. The molecule has 1 aromatic carbocycles. The third-order valence-electron chi connectivity index (χ3n) is 2.36. The predicted octanol–water partition coefficient (Wildman–Crippen LogP) is 0.782. The third-order valence-corrected chi connectivity index (χ3v) is 3.92. The first-order valence-electron chi connectivity index (χ1n) is 4.42. The highest BCUT2D eigenvalue weighted by atomic mass is 32.2. The molecule has 0 aromatic heterocycles. The largest absolute Gasteiger partial charge is 0.497 e. The van der Waals surface area contributed by atoms with Crippen LogP contribution in [0.5, 0.6) is 5.75 Å². The lowest BCUT2D eigenvalue weighted by atomic mass is 10.1. The van der Waals surface area contributed by atoms with E-state index in [0.29, 0.717) is 21.8 Å². The Morgan fingerprint density at radius 2 is 2.13 bits per heavy atom. The number of fused-ring (bicyclic) bond motifs is 1. The van der Waals surface area contributed by atoms with Crippen molar-refractivity contribution in [2.24, 2.45) is 5.73 Å². The summed E-state index contributed by atoms with van der Waals surface area (Å²) < 4.78 is 28.3. The number of hydrogen-bond donors (Lipinski definition) is 1. The van der Waals surface area contributed by atoms with Crippen molar-refractivity contribution in [3.63, 3.8) is 0 Å². The van der Waals surface area contributed by atoms with Gasteiger partial charge < -0.3 is 10.5 Å². The molecule has 80 valence electrons. The number of methoxy groups -OCH3 is 1. The molecule has 0 atom stereocenters. The van der Waals surface area contributed by atoms with E-state index in [1.54, 1.807) is 18.2 Å². The summed E-state index contributed by atoms with van der Waals surface area (Å²) in [5, 5.41) is 1.22. The summed E-state index contributed by atoms with van der Waals surface area (Å²) in [4.78, 5) is 0.309. The van der Waals surface area contributed by atoms with Crippen LogP contribution < -0.4 is 10.5 Å². The van der Waals surface area contributed by atoms with Crippen molar-refractivity contribution >= 4 is 15.4 Å². The van der Waals surface area contributed by atoms with E-state index in [1.807, 2.05) is 0 Å². The number of ether oxygens (including phenoxy) is 1. The van der Waals surface area contributed by atoms with Gasteiger partial charge in [0.1, 0.15) is 5.75 Å². The quantitative estimate of drug-likeness (QED) is 0.807. The van der Waals surface area contributed by atoms with Crippen molar-refractivity contribution in [1.29, 1.82) is 0 Å². The summed E-state index contributed by atoms with van der Waals surface area (Å²) in [5.74, 6) is 0.630. The molecule has 1 aromatic rings. The Morgan fingerprint density at radius 3 is 2.73 bits per heavy atom. The molecule has 0 radical (unpaired) electrons. The van der Waals surface area contributed by atoms with Crippen LogP contribution in [0, 0.1) is 0 Å². The van der Waals surface area contributed by atoms with Gasteiger partial charge in [0, 0.05) is 17.5 Å². The van der Waals surface area contributed by atoms with Crippen LogP contribution in [0.4, 0.5) is 0 Å². The summed E-state index contributed by atoms with van der Waals surface area (Å²) in [6.07, 6.45) is 0. The average Bonchev–Trinajstić information content (AvgIpc) is 2.50. The second-order valence-electron chi connectivity index (χ2n) is 3.25. The molecule has 0 unspecified atom stereocenters. The average molecular weight is 225 g/mol. The van der Waals surface area contributed by atoms with Crippen LogP contribution in [0.1, 0.15) is 5.56 Å². The number of sulfone groups is 1. The lowest BCUT2D eigenvalue weighted by molar-refractivity contribution is 0.414. The molecule has 0 spiro atoms. The Hall–Kier alpha value is -1.33. The lowest BCUT2D eigenvalue weighted by Gasteiger charge is -2.04. The van der Waals surface area contributed by atoms with Crippen LogP contribution in [0.2, 0.25) is 0 Å². The van der Waals surface area contributed by atoms with Crippen molar-refractivity contribution in [3.8, 4) is 5.75 Å². The Balaban J connectivity index is 2.68. The fraction of sp³-hybridized carbons (Fsp3) is 0.200. The highest BCUT2D eigenvalue weighted by Gasteiger charge is 2.26. The Labute approximate surface area is 88.3 Å². The molecule has 0 bridgehead atoms. The minimum Gasteiger partial charge on any atom is -0.497 e. The van der Waals surface area contributed by atoms with Crippen LogP contribution in [0.3, 0.4) is 0 Å². The summed E-state index contributed by atoms with van der Waals surface area (Å²) in [5.41, 5.74) is 6.77. The molecule has 15 heavy (non-hydrogen) atoms. The van der Waals surface area contributed by atoms with Crippen molar-refractivity contribution in [2.75, 3.05) is 13.7 Å². The zero-order valence-electron chi connectivity index (χ0n) is 8.23. The molecule has 0 saturated heterocycles. The van der Waals surface area contributed by atoms with Gasteiger partial charge in [-0.1, -0.05) is 0 Å². The van der Waals surface area contributed by atoms with Crippen molar-refractivity contribution in [2.45, 2.75) is 4.90 Å². The van der Waals surface area contributed by atoms with E-state index in [2.05, 4.69) is 0 Å². The van der Waals surface area contributed by atoms with Gasteiger partial charge in [0.05, 0.1) is 12.0 Å². The van der Waals surface area contributed by atoms with E-state index in [9.17, 15) is 8.42 Å². The predicted molar refractivity (Wildman–Crippen MR) is 57.2 cm³/mol. The first kappa shape index (κ1) is 10.2. The minimum absolute atomic E-state index is 0.208. The number of benzene rings is 1. The van der Waals surface area contributed by atoms with Gasteiger partial charge >= 0.3 is 0 Å². The summed E-state index contributed by atoms with van der Waals surface area (Å²) in [7, 11) is -1.75. The molecular weight excluding hydrogens is 214 g/mol. The standard InChI is InChI=1S/C10H11NO3S/c1-14-8-2-3-10-9(4-8)7(5-11)6-15(10,12)13/h2-4,6H,5,11H2,1H3. The van der Waals surface area contributed by atoms with Gasteiger partial charge in [-0.2, -0.15) is 0 Å². The maximum atomic E-state index is 11.6. The van der Waals surface area contributed by atoms with Crippen LogP contribution in [0.15, 0.2) is 28.5 Å². The van der Waals surface area contributed by atoms with E-state index in [0.717, 1.165) is 0 Å². The monoisotopic (exact) mass is 225 g/mol. The molecule has 0 amide bonds. The third kappa shape index (κ3) is 1.53. The van der Waals surface area contributed by atoms with Crippen molar-refractivity contribution in [1.82, 2.24) is 0 Å². The van der Waals surface area contributed by atoms with Gasteiger partial charge in [-0.15, -0.1) is 0 Å². The van der Waals surface area contributed by atoms with Crippen LogP contribution >= 0.6 is 0 Å². The zero-order valence-corrected chi connectivity index (χ0v) is 9.04. The lowest BCUT2D eigenvalue weighted by Crippen LogP contribution is -2.00. The summed E-state index contributed by atoms with van der Waals surface area (Å²) >= 11 is 0. The van der Waals surface area contributed by atoms with Crippen molar-refractivity contribution in [3.05, 3.63) is 29.2 Å². The second-order valence-corrected chi connectivity index (χ2v) is 5.02. The van der Waals surface area contributed by atoms with E-state index in [1.165, 1.54) is 12.5 Å². The zero-order chi connectivity index (χ0) is 11.1. The van der Waals surface area contributed by atoms with E-state index >= 15 is 0 Å². The van der Waals surface area contributed by atoms with Gasteiger partial charge in [-0.25, -0.2) is 8.42 Å². The molecular formula is C10H11NO3S. The van der Waals surface area contributed by atoms with Crippen LogP contribution in [-0.2, 0) is 9.84 Å². The Bertz CT molecular complexity index is 532. The van der Waals surface area contributed by atoms with E-state index in [4.69, 9.17) is 10.5 Å². The molecule has 5 heteroatoms. The molecule has 0 fully saturated rings. The molecule has 2 N–H and O–H groups in total. The fourth-order valence-corrected chi connectivity index (χ4v) is 3.09. The topological polar surface area (TPSA) is 69.4 Å². The van der Waals surface area contributed by atoms with Crippen molar-refractivity contribution < 1.29 is 13.2 Å². The van der Waals surface area contributed by atoms with Gasteiger partial charge in [0.2, 0.25) is 9.84 Å². The van der Waals surface area contributed by atoms with Gasteiger partial charge in [0.25, 0.3) is 0 Å². The Morgan fingerprint density at radius 1 is 1.40 bits per heavy atom. The molecule has 1 aliphatic rings. The molecule has 4 nitrogen and oxygen atoms in total. The smallest absolute Gasteiger partial charge is 0.200 e. The van der Waals surface area contributed by atoms with Gasteiger partial charge in [-0.05, 0) is 23.8 Å². The molecule has 0 saturated carbocycles. The minimum atomic E-state index is -3.29. The van der Waals surface area contributed by atoms with Crippen LogP contribution in [-0.4, -0.2) is 22.1 Å². The van der Waals surface area contributed by atoms with Crippen LogP contribution in [0.25, 0.3) is 5.57 Å². The van der Waals surface area contributed by atoms with E-state index in [-0.39, 0.29) is 6.54 Å². The number of nitrogens with two attached hydrogens (primary N) is 1. The fourth-order valence-electron chi connectivity index (χ4n) is 1.61. The highest BCUT2D eigenvalue weighted by Crippen LogP contribution is 2.34. The summed E-state index contributed by atoms with van der Waals surface area (Å²) in [6.45, 7) is 0.208. The summed E-state index contributed by atoms with van der Waals surface area (Å²) in [6, 6.07) is 4.87. The molecule has 2 rings (SSSR count). The molecule has 0 aliphatic carbocycles. The second kappa shape index (κ2) is 3.36. The normalized spacial score (nSPS) is 17.1. The molecule has 1 heterocycles. The molecule has 1 aliphatic heterocycles. The first-order chi connectivity index (χ1) is 7.08. The number of rotatable bonds is 2. The maximum Gasteiger partial charge on any atom is 0.200 e. The van der Waals surface area contributed by atoms with Gasteiger partial charge in [0.15, 0.2) is 0 Å². The first-order valence-corrected chi connectivity index (χ1v) is 5.97. The maximum absolute atomic E-state index is 11.6. The SMILES string of the molecule is COc1ccc2c(c1)C(CN)=CS2(=O)=O. The van der Waals surface area contributed by atoms with Gasteiger partial charge in [-0.3, -0.25) is 0 Å².